The van der Waals surface area contributed by atoms with E-state index in [2.05, 4.69) is 34.6 Å². The smallest absolute Gasteiger partial charge is 0.226 e. The van der Waals surface area contributed by atoms with Crippen molar-refractivity contribution in [3.05, 3.63) is 0 Å². The van der Waals surface area contributed by atoms with Crippen LogP contribution >= 0.6 is 0 Å². The molecule has 2 heteroatoms. The molecule has 1 heterocycles. The highest BCUT2D eigenvalue weighted by molar-refractivity contribution is 5.81. The molecule has 0 N–H and O–H groups in total. The van der Waals surface area contributed by atoms with E-state index in [4.69, 9.17) is 0 Å². The van der Waals surface area contributed by atoms with Crippen LogP contribution in [0.5, 0.6) is 0 Å². The van der Waals surface area contributed by atoms with E-state index in [0.29, 0.717) is 11.8 Å². The second-order valence-corrected chi connectivity index (χ2v) is 5.89. The second kappa shape index (κ2) is 3.92. The zero-order chi connectivity index (χ0) is 10.9. The Balaban J connectivity index is 2.60. The summed E-state index contributed by atoms with van der Waals surface area (Å²) in [5.74, 6) is 1.19. The number of nitrogens with zero attached hydrogens (tertiary/aromatic N) is 1. The van der Waals surface area contributed by atoms with Crippen molar-refractivity contribution in [3.63, 3.8) is 0 Å². The Labute approximate surface area is 87.7 Å². The molecule has 1 atom stereocenters. The molecule has 1 fully saturated rings. The van der Waals surface area contributed by atoms with Gasteiger partial charge in [-0.2, -0.15) is 0 Å². The summed E-state index contributed by atoms with van der Waals surface area (Å²) in [6.07, 6.45) is 1.04. The first kappa shape index (κ1) is 11.5. The number of hydrogen-bond acceptors (Lipinski definition) is 1. The molecule has 14 heavy (non-hydrogen) atoms. The van der Waals surface area contributed by atoms with E-state index in [1.54, 1.807) is 0 Å². The summed E-state index contributed by atoms with van der Waals surface area (Å²) in [5.41, 5.74) is 0.128. The second-order valence-electron chi connectivity index (χ2n) is 5.89. The normalized spacial score (nSPS) is 23.7. The van der Waals surface area contributed by atoms with Crippen LogP contribution in [0.3, 0.4) is 0 Å². The van der Waals surface area contributed by atoms with Crippen LogP contribution in [0.2, 0.25) is 0 Å². The van der Waals surface area contributed by atoms with E-state index >= 15 is 0 Å². The number of carbonyl (C=O) groups excluding carboxylic acids is 1. The molecule has 1 aliphatic rings. The van der Waals surface area contributed by atoms with Gasteiger partial charge in [-0.25, -0.2) is 0 Å². The van der Waals surface area contributed by atoms with Crippen molar-refractivity contribution in [2.45, 2.75) is 41.0 Å². The maximum absolute atomic E-state index is 12.0. The Bertz CT molecular complexity index is 215. The maximum atomic E-state index is 12.0. The van der Waals surface area contributed by atoms with Gasteiger partial charge in [-0.05, 0) is 17.8 Å². The topological polar surface area (TPSA) is 20.3 Å². The summed E-state index contributed by atoms with van der Waals surface area (Å²) in [4.78, 5) is 14.0. The first-order valence-corrected chi connectivity index (χ1v) is 5.61. The number of amides is 1. The van der Waals surface area contributed by atoms with Crippen LogP contribution in [0.1, 0.15) is 41.0 Å². The summed E-state index contributed by atoms with van der Waals surface area (Å²) < 4.78 is 0. The fraction of sp³-hybridized carbons (Fsp3) is 0.917. The molecule has 1 saturated heterocycles. The highest BCUT2D eigenvalue weighted by Gasteiger charge is 2.39. The molecule has 2 nitrogen and oxygen atoms in total. The van der Waals surface area contributed by atoms with Crippen molar-refractivity contribution in [1.82, 2.24) is 4.90 Å². The van der Waals surface area contributed by atoms with E-state index in [1.807, 2.05) is 4.90 Å². The molecule has 0 saturated carbocycles. The van der Waals surface area contributed by atoms with E-state index in [9.17, 15) is 4.79 Å². The minimum absolute atomic E-state index is 0.128. The molecule has 1 amide bonds. The Kier molecular flexibility index (Phi) is 3.23. The summed E-state index contributed by atoms with van der Waals surface area (Å²) in [7, 11) is 0. The van der Waals surface area contributed by atoms with Crippen molar-refractivity contribution >= 4 is 5.91 Å². The molecule has 1 aliphatic heterocycles. The Hall–Kier alpha value is -0.530. The molecule has 1 unspecified atom stereocenters. The van der Waals surface area contributed by atoms with Crippen molar-refractivity contribution < 1.29 is 4.79 Å². The third-order valence-electron chi connectivity index (χ3n) is 2.93. The Morgan fingerprint density at radius 2 is 2.00 bits per heavy atom. The Morgan fingerprint density at radius 3 is 2.36 bits per heavy atom. The summed E-state index contributed by atoms with van der Waals surface area (Å²) in [6, 6.07) is 0. The van der Waals surface area contributed by atoms with Gasteiger partial charge in [-0.1, -0.05) is 34.6 Å². The van der Waals surface area contributed by atoms with Crippen molar-refractivity contribution in [1.29, 1.82) is 0 Å². The van der Waals surface area contributed by atoms with Gasteiger partial charge in [0.15, 0.2) is 0 Å². The predicted octanol–water partition coefficient (Wildman–Crippen LogP) is 2.54. The molecule has 0 radical (unpaired) electrons. The molecule has 0 aliphatic carbocycles. The average Bonchev–Trinajstić information content (AvgIpc) is 2.30. The van der Waals surface area contributed by atoms with Gasteiger partial charge < -0.3 is 4.90 Å². The number of carbonyl (C=O) groups is 1. The lowest BCUT2D eigenvalue weighted by Gasteiger charge is -2.26. The third-order valence-corrected chi connectivity index (χ3v) is 2.93. The maximum Gasteiger partial charge on any atom is 0.226 e. The predicted molar refractivity (Wildman–Crippen MR) is 59.0 cm³/mol. The van der Waals surface area contributed by atoms with Crippen LogP contribution < -0.4 is 0 Å². The molecule has 1 rings (SSSR count). The van der Waals surface area contributed by atoms with Crippen LogP contribution in [-0.2, 0) is 4.79 Å². The molecule has 0 aromatic rings. The van der Waals surface area contributed by atoms with Gasteiger partial charge in [0.05, 0.1) is 0 Å². The summed E-state index contributed by atoms with van der Waals surface area (Å²) in [6.45, 7) is 12.7. The lowest BCUT2D eigenvalue weighted by molar-refractivity contribution is -0.134. The first-order chi connectivity index (χ1) is 6.32. The van der Waals surface area contributed by atoms with Gasteiger partial charge in [0.1, 0.15) is 0 Å². The molecule has 82 valence electrons. The molecular weight excluding hydrogens is 174 g/mol. The third kappa shape index (κ3) is 2.49. The molecule has 0 aromatic carbocycles. The number of rotatable bonds is 2. The van der Waals surface area contributed by atoms with E-state index < -0.39 is 0 Å². The van der Waals surface area contributed by atoms with Crippen molar-refractivity contribution in [3.8, 4) is 0 Å². The number of hydrogen-bond donors (Lipinski definition) is 0. The lowest BCUT2D eigenvalue weighted by Crippen LogP contribution is -2.34. The van der Waals surface area contributed by atoms with Crippen LogP contribution in [0.4, 0.5) is 0 Å². The standard InChI is InChI=1S/C12H23NO/c1-9(2)8-13-7-6-10(11(13)14)12(3,4)5/h9-10H,6-8H2,1-5H3. The van der Waals surface area contributed by atoms with Gasteiger partial charge in [0.25, 0.3) is 0 Å². The molecule has 0 spiro atoms. The van der Waals surface area contributed by atoms with Crippen LogP contribution in [0, 0.1) is 17.3 Å². The lowest BCUT2D eigenvalue weighted by atomic mass is 9.80. The highest BCUT2D eigenvalue weighted by Crippen LogP contribution is 2.34. The fourth-order valence-corrected chi connectivity index (χ4v) is 2.16. The van der Waals surface area contributed by atoms with Crippen LogP contribution in [0.15, 0.2) is 0 Å². The quantitative estimate of drug-likeness (QED) is 0.666. The van der Waals surface area contributed by atoms with Crippen molar-refractivity contribution in [2.24, 2.45) is 17.3 Å². The molecule has 0 bridgehead atoms. The van der Waals surface area contributed by atoms with Gasteiger partial charge in [0.2, 0.25) is 5.91 Å². The first-order valence-electron chi connectivity index (χ1n) is 5.61. The summed E-state index contributed by atoms with van der Waals surface area (Å²) >= 11 is 0. The minimum Gasteiger partial charge on any atom is -0.342 e. The van der Waals surface area contributed by atoms with E-state index in [-0.39, 0.29) is 11.3 Å². The van der Waals surface area contributed by atoms with Gasteiger partial charge in [-0.15, -0.1) is 0 Å². The largest absolute Gasteiger partial charge is 0.342 e. The fourth-order valence-electron chi connectivity index (χ4n) is 2.16. The summed E-state index contributed by atoms with van der Waals surface area (Å²) in [5, 5.41) is 0. The van der Waals surface area contributed by atoms with Crippen LogP contribution in [-0.4, -0.2) is 23.9 Å². The minimum atomic E-state index is 0.128. The van der Waals surface area contributed by atoms with E-state index in [1.165, 1.54) is 0 Å². The SMILES string of the molecule is CC(C)CN1CCC(C(C)(C)C)C1=O. The highest BCUT2D eigenvalue weighted by atomic mass is 16.2. The van der Waals surface area contributed by atoms with Gasteiger partial charge in [0, 0.05) is 19.0 Å². The van der Waals surface area contributed by atoms with E-state index in [0.717, 1.165) is 19.5 Å². The molecule has 0 aromatic heterocycles. The van der Waals surface area contributed by atoms with Crippen LogP contribution in [0.25, 0.3) is 0 Å². The number of likely N-dealkylation sites (tertiary alicyclic amines) is 1. The monoisotopic (exact) mass is 197 g/mol. The van der Waals surface area contributed by atoms with Gasteiger partial charge in [-0.3, -0.25) is 4.79 Å². The molecular formula is C12H23NO. The van der Waals surface area contributed by atoms with Gasteiger partial charge >= 0.3 is 0 Å². The average molecular weight is 197 g/mol. The van der Waals surface area contributed by atoms with Crippen molar-refractivity contribution in [2.75, 3.05) is 13.1 Å². The zero-order valence-electron chi connectivity index (χ0n) is 10.1. The zero-order valence-corrected chi connectivity index (χ0v) is 10.1. The Morgan fingerprint density at radius 1 is 1.43 bits per heavy atom.